The smallest absolute Gasteiger partial charge is 0.314 e. The lowest BCUT2D eigenvalue weighted by atomic mass is 9.71. The monoisotopic (exact) mass is 419 g/mol. The van der Waals surface area contributed by atoms with E-state index in [0.717, 1.165) is 42.7 Å². The average molecular weight is 420 g/mol. The van der Waals surface area contributed by atoms with Crippen molar-refractivity contribution in [1.82, 2.24) is 14.7 Å². The third kappa shape index (κ3) is 3.25. The van der Waals surface area contributed by atoms with Gasteiger partial charge in [-0.25, -0.2) is 0 Å². The van der Waals surface area contributed by atoms with Crippen LogP contribution in [0.3, 0.4) is 0 Å². The van der Waals surface area contributed by atoms with Crippen LogP contribution in [0.2, 0.25) is 5.02 Å². The molecule has 2 atom stereocenters. The standard InChI is InChI=1S/C20H24ClN4O2S/c1-14-10-20(17-9-16(21)3-4-18(17)23(2)19(20)26)5-6-24(14)12-15-11-22-25(13-15)7-8-28-27/h3-4,9,11,13-14H,5-8,10,12H2,1-2H3/q+1. The van der Waals surface area contributed by atoms with Crippen molar-refractivity contribution in [3.8, 4) is 0 Å². The Morgan fingerprint density at radius 3 is 2.96 bits per heavy atom. The Hall–Kier alpha value is -1.83. The van der Waals surface area contributed by atoms with Gasteiger partial charge in [-0.2, -0.15) is 5.10 Å². The molecule has 2 aliphatic heterocycles. The van der Waals surface area contributed by atoms with Gasteiger partial charge in [-0.15, -0.1) is 0 Å². The van der Waals surface area contributed by atoms with Gasteiger partial charge in [0.2, 0.25) is 11.7 Å². The Morgan fingerprint density at radius 1 is 1.39 bits per heavy atom. The molecule has 148 valence electrons. The summed E-state index contributed by atoms with van der Waals surface area (Å²) in [6, 6.07) is 6.04. The Kier molecular flexibility index (Phi) is 5.24. The van der Waals surface area contributed by atoms with Gasteiger partial charge in [-0.05, 0) is 43.5 Å². The molecule has 1 spiro atoms. The van der Waals surface area contributed by atoms with Crippen molar-refractivity contribution in [2.24, 2.45) is 0 Å². The van der Waals surface area contributed by atoms with Crippen LogP contribution >= 0.6 is 11.6 Å². The highest BCUT2D eigenvalue weighted by molar-refractivity contribution is 7.65. The third-order valence-electron chi connectivity index (χ3n) is 6.12. The molecular formula is C20H24ClN4O2S+. The molecule has 6 nitrogen and oxygen atoms in total. The Balaban J connectivity index is 1.51. The van der Waals surface area contributed by atoms with Crippen LogP contribution in [0.5, 0.6) is 0 Å². The van der Waals surface area contributed by atoms with E-state index in [4.69, 9.17) is 11.6 Å². The predicted molar refractivity (Wildman–Crippen MR) is 111 cm³/mol. The Morgan fingerprint density at radius 2 is 2.21 bits per heavy atom. The fourth-order valence-electron chi connectivity index (χ4n) is 4.67. The number of piperidine rings is 1. The van der Waals surface area contributed by atoms with E-state index in [-0.39, 0.29) is 11.9 Å². The number of anilines is 1. The molecule has 1 aromatic heterocycles. The first-order valence-corrected chi connectivity index (χ1v) is 10.8. The van der Waals surface area contributed by atoms with Crippen molar-refractivity contribution >= 4 is 34.9 Å². The van der Waals surface area contributed by atoms with E-state index in [0.29, 0.717) is 29.0 Å². The number of hydrogen-bond acceptors (Lipinski definition) is 4. The number of rotatable bonds is 5. The summed E-state index contributed by atoms with van der Waals surface area (Å²) < 4.78 is 12.4. The summed E-state index contributed by atoms with van der Waals surface area (Å²) in [6.45, 7) is 4.46. The van der Waals surface area contributed by atoms with E-state index >= 15 is 0 Å². The molecule has 1 fully saturated rings. The number of carbonyl (C=O) groups is 1. The molecule has 0 aliphatic carbocycles. The minimum Gasteiger partial charge on any atom is -0.314 e. The van der Waals surface area contributed by atoms with E-state index in [1.165, 1.54) is 0 Å². The van der Waals surface area contributed by atoms with Gasteiger partial charge in [0.1, 0.15) is 0 Å². The first-order chi connectivity index (χ1) is 13.4. The zero-order chi connectivity index (χ0) is 19.9. The molecule has 1 saturated heterocycles. The zero-order valence-electron chi connectivity index (χ0n) is 16.1. The molecule has 2 aromatic rings. The van der Waals surface area contributed by atoms with Crippen molar-refractivity contribution in [3.63, 3.8) is 0 Å². The highest BCUT2D eigenvalue weighted by atomic mass is 35.5. The van der Waals surface area contributed by atoms with Crippen LogP contribution in [-0.4, -0.2) is 46.0 Å². The lowest BCUT2D eigenvalue weighted by molar-refractivity contribution is -0.125. The summed E-state index contributed by atoms with van der Waals surface area (Å²) in [4.78, 5) is 17.4. The van der Waals surface area contributed by atoms with E-state index < -0.39 is 5.41 Å². The number of fused-ring (bicyclic) bond motifs is 2. The first kappa shape index (κ1) is 19.5. The van der Waals surface area contributed by atoms with Crippen LogP contribution in [0.1, 0.15) is 30.9 Å². The molecule has 0 bridgehead atoms. The summed E-state index contributed by atoms with van der Waals surface area (Å²) in [5.74, 6) is 0.695. The fourth-order valence-corrected chi connectivity index (χ4v) is 5.10. The van der Waals surface area contributed by atoms with Gasteiger partial charge < -0.3 is 4.90 Å². The highest BCUT2D eigenvalue weighted by Gasteiger charge is 2.52. The minimum atomic E-state index is -0.472. The number of aromatic nitrogens is 2. The second-order valence-corrected chi connectivity index (χ2v) is 8.90. The number of likely N-dealkylation sites (tertiary alicyclic amines) is 1. The molecule has 0 saturated carbocycles. The van der Waals surface area contributed by atoms with Crippen molar-refractivity contribution in [2.45, 2.75) is 44.3 Å². The van der Waals surface area contributed by atoms with Gasteiger partial charge in [0.15, 0.2) is 0 Å². The summed E-state index contributed by atoms with van der Waals surface area (Å²) in [6.07, 6.45) is 5.45. The van der Waals surface area contributed by atoms with Crippen molar-refractivity contribution in [1.29, 1.82) is 0 Å². The SMILES string of the molecule is CC1CC2(CCN1Cc1cnn(CC[S+]=O)c1)C(=O)N(C)c1ccc(Cl)cc12. The van der Waals surface area contributed by atoms with Gasteiger partial charge >= 0.3 is 11.7 Å². The first-order valence-electron chi connectivity index (χ1n) is 9.53. The molecular weight excluding hydrogens is 396 g/mol. The second kappa shape index (κ2) is 7.54. The summed E-state index contributed by atoms with van der Waals surface area (Å²) >= 11 is 6.84. The number of carbonyl (C=O) groups excluding carboxylic acids is 1. The molecule has 4 rings (SSSR count). The number of aryl methyl sites for hydroxylation is 1. The quantitative estimate of drug-likeness (QED) is 0.699. The number of hydrogen-bond donors (Lipinski definition) is 0. The van der Waals surface area contributed by atoms with Gasteiger partial charge in [-0.3, -0.25) is 14.4 Å². The summed E-state index contributed by atoms with van der Waals surface area (Å²) in [5.41, 5.74) is 2.71. The van der Waals surface area contributed by atoms with Gasteiger partial charge in [-0.1, -0.05) is 11.6 Å². The maximum absolute atomic E-state index is 13.2. The van der Waals surface area contributed by atoms with Crippen LogP contribution in [0, 0.1) is 0 Å². The number of amides is 1. The van der Waals surface area contributed by atoms with E-state index in [2.05, 4.69) is 16.9 Å². The zero-order valence-corrected chi connectivity index (χ0v) is 17.7. The summed E-state index contributed by atoms with van der Waals surface area (Å²) in [7, 11) is 1.86. The second-order valence-electron chi connectivity index (χ2n) is 7.82. The third-order valence-corrected chi connectivity index (χ3v) is 6.70. The number of nitrogens with zero attached hydrogens (tertiary/aromatic N) is 4. The van der Waals surface area contributed by atoms with Crippen LogP contribution in [0.15, 0.2) is 30.6 Å². The van der Waals surface area contributed by atoms with Crippen molar-refractivity contribution < 1.29 is 9.00 Å². The molecule has 8 heteroatoms. The molecule has 1 amide bonds. The highest BCUT2D eigenvalue weighted by Crippen LogP contribution is 2.49. The van der Waals surface area contributed by atoms with Crippen LogP contribution in [0.4, 0.5) is 5.69 Å². The largest absolute Gasteiger partial charge is 0.460 e. The van der Waals surface area contributed by atoms with Crippen molar-refractivity contribution in [2.75, 3.05) is 24.2 Å². The molecule has 1 aromatic carbocycles. The molecule has 0 radical (unpaired) electrons. The minimum absolute atomic E-state index is 0.180. The van der Waals surface area contributed by atoms with E-state index in [1.54, 1.807) is 4.90 Å². The maximum atomic E-state index is 13.2. The molecule has 3 heterocycles. The lowest BCUT2D eigenvalue weighted by Gasteiger charge is -2.42. The van der Waals surface area contributed by atoms with Crippen LogP contribution in [0.25, 0.3) is 0 Å². The predicted octanol–water partition coefficient (Wildman–Crippen LogP) is 2.86. The van der Waals surface area contributed by atoms with Gasteiger partial charge in [0, 0.05) is 52.9 Å². The Bertz CT molecular complexity index is 917. The lowest BCUT2D eigenvalue weighted by Crippen LogP contribution is -2.51. The number of halogens is 1. The number of benzene rings is 1. The maximum Gasteiger partial charge on any atom is 0.460 e. The average Bonchev–Trinajstić information content (AvgIpc) is 3.20. The molecule has 2 aliphatic rings. The van der Waals surface area contributed by atoms with Crippen molar-refractivity contribution in [3.05, 3.63) is 46.7 Å². The normalized spacial score (nSPS) is 24.8. The van der Waals surface area contributed by atoms with E-state index in [1.807, 2.05) is 42.3 Å². The van der Waals surface area contributed by atoms with E-state index in [9.17, 15) is 9.00 Å². The molecule has 2 unspecified atom stereocenters. The van der Waals surface area contributed by atoms with Gasteiger partial charge in [0.25, 0.3) is 0 Å². The van der Waals surface area contributed by atoms with Crippen LogP contribution < -0.4 is 4.90 Å². The summed E-state index contributed by atoms with van der Waals surface area (Å²) in [5, 5.41) is 5.02. The topological polar surface area (TPSA) is 58.4 Å². The molecule has 28 heavy (non-hydrogen) atoms. The fraction of sp³-hybridized carbons (Fsp3) is 0.500. The number of likely N-dealkylation sites (N-methyl/N-ethyl adjacent to an activating group) is 1. The Labute approximate surface area is 173 Å². The molecule has 0 N–H and O–H groups in total. The van der Waals surface area contributed by atoms with Crippen LogP contribution in [-0.2, 0) is 39.2 Å². The van der Waals surface area contributed by atoms with Gasteiger partial charge in [0.05, 0.1) is 18.2 Å².